The van der Waals surface area contributed by atoms with Crippen molar-refractivity contribution >= 4 is 34.5 Å². The molecule has 12 nitrogen and oxygen atoms in total. The van der Waals surface area contributed by atoms with Crippen LogP contribution in [0.3, 0.4) is 0 Å². The molecule has 55 heavy (non-hydrogen) atoms. The Morgan fingerprint density at radius 3 is 2.53 bits per heavy atom. The Kier molecular flexibility index (Phi) is 8.28. The van der Waals surface area contributed by atoms with Gasteiger partial charge in [-0.2, -0.15) is 0 Å². The van der Waals surface area contributed by atoms with E-state index in [1.165, 1.54) is 21.1 Å². The lowest BCUT2D eigenvalue weighted by atomic mass is 9.47. The third-order valence-corrected chi connectivity index (χ3v) is 14.5. The third-order valence-electron chi connectivity index (χ3n) is 14.5. The van der Waals surface area contributed by atoms with E-state index in [9.17, 15) is 14.7 Å². The number of para-hydroxylation sites is 1. The Morgan fingerprint density at radius 1 is 1.02 bits per heavy atom. The first-order valence-electron chi connectivity index (χ1n) is 19.7. The van der Waals surface area contributed by atoms with Gasteiger partial charge in [-0.3, -0.25) is 19.4 Å². The topological polar surface area (TPSA) is 134 Å². The molecule has 5 aliphatic heterocycles. The summed E-state index contributed by atoms with van der Waals surface area (Å²) in [5, 5.41) is 14.3. The Labute approximate surface area is 321 Å². The highest BCUT2D eigenvalue weighted by Gasteiger charge is 2.80. The SMILES string of the molecule is CC[C@]12C=CCN3CC[C@@]4(c5cc([C@@]6(C(=O)OC)C[C@H]7CCCN(Cc8c6[nH]c6ccccc86)C7)c(OC)cc5N(C)[C@H]4[C@@](O)(C(=O)OC)[C@@H]1OC(C)=O)[C@@H]32. The van der Waals surface area contributed by atoms with E-state index in [0.717, 1.165) is 59.3 Å². The quantitative estimate of drug-likeness (QED) is 0.213. The van der Waals surface area contributed by atoms with Crippen LogP contribution in [0, 0.1) is 11.3 Å². The maximum atomic E-state index is 15.0. The van der Waals surface area contributed by atoms with Crippen molar-refractivity contribution in [1.82, 2.24) is 14.8 Å². The summed E-state index contributed by atoms with van der Waals surface area (Å²) >= 11 is 0. The van der Waals surface area contributed by atoms with Crippen molar-refractivity contribution in [2.24, 2.45) is 11.3 Å². The van der Waals surface area contributed by atoms with Crippen LogP contribution in [0.25, 0.3) is 10.9 Å². The minimum absolute atomic E-state index is 0.209. The number of likely N-dealkylation sites (N-methyl/N-ethyl adjacent to an activating group) is 1. The predicted octanol–water partition coefficient (Wildman–Crippen LogP) is 4.20. The molecule has 3 fully saturated rings. The largest absolute Gasteiger partial charge is 0.496 e. The van der Waals surface area contributed by atoms with E-state index in [2.05, 4.69) is 45.1 Å². The summed E-state index contributed by atoms with van der Waals surface area (Å²) in [5.41, 5.74) is -0.0763. The third kappa shape index (κ3) is 4.53. The van der Waals surface area contributed by atoms with E-state index in [1.807, 2.05) is 37.1 Å². The number of anilines is 1. The van der Waals surface area contributed by atoms with Gasteiger partial charge in [0.1, 0.15) is 11.2 Å². The molecule has 2 bridgehead atoms. The number of esters is 3. The second-order valence-electron chi connectivity index (χ2n) is 16.8. The number of hydrogen-bond acceptors (Lipinski definition) is 11. The number of benzene rings is 2. The summed E-state index contributed by atoms with van der Waals surface area (Å²) in [5.74, 6) is -1.07. The zero-order valence-electron chi connectivity index (χ0n) is 32.6. The number of aliphatic hydroxyl groups is 1. The molecule has 6 aliphatic rings. The van der Waals surface area contributed by atoms with Crippen molar-refractivity contribution in [1.29, 1.82) is 0 Å². The number of aromatic nitrogens is 1. The monoisotopic (exact) mass is 752 g/mol. The van der Waals surface area contributed by atoms with Gasteiger partial charge in [-0.05, 0) is 74.4 Å². The smallest absolute Gasteiger partial charge is 0.344 e. The summed E-state index contributed by atoms with van der Waals surface area (Å²) in [6.45, 7) is 7.28. The first-order chi connectivity index (χ1) is 26.5. The highest BCUT2D eigenvalue weighted by Crippen LogP contribution is 2.68. The van der Waals surface area contributed by atoms with Gasteiger partial charge in [0, 0.05) is 84.4 Å². The van der Waals surface area contributed by atoms with Crippen molar-refractivity contribution in [3.05, 3.63) is 70.9 Å². The van der Waals surface area contributed by atoms with Crippen LogP contribution < -0.4 is 9.64 Å². The molecule has 1 spiro atoms. The molecule has 2 aromatic carbocycles. The molecule has 9 rings (SSSR count). The molecule has 6 heterocycles. The zero-order chi connectivity index (χ0) is 38.7. The van der Waals surface area contributed by atoms with Crippen LogP contribution in [0.4, 0.5) is 5.69 Å². The molecule has 9 atom stereocenters. The number of fused-ring (bicyclic) bond motifs is 6. The average molecular weight is 753 g/mol. The van der Waals surface area contributed by atoms with Crippen LogP contribution in [-0.2, 0) is 46.0 Å². The van der Waals surface area contributed by atoms with E-state index in [4.69, 9.17) is 18.9 Å². The molecule has 2 N–H and O–H groups in total. The normalized spacial score (nSPS) is 35.8. The molecule has 292 valence electrons. The van der Waals surface area contributed by atoms with Crippen LogP contribution in [-0.4, -0.2) is 116 Å². The van der Waals surface area contributed by atoms with Gasteiger partial charge in [-0.1, -0.05) is 37.3 Å². The van der Waals surface area contributed by atoms with Crippen molar-refractivity contribution in [3.8, 4) is 5.75 Å². The van der Waals surface area contributed by atoms with Gasteiger partial charge in [-0.15, -0.1) is 0 Å². The summed E-state index contributed by atoms with van der Waals surface area (Å²) in [6, 6.07) is 11.2. The second kappa shape index (κ2) is 12.6. The minimum Gasteiger partial charge on any atom is -0.496 e. The molecule has 1 saturated carbocycles. The fourth-order valence-corrected chi connectivity index (χ4v) is 12.8. The number of carbonyl (C=O) groups is 3. The molecule has 1 aliphatic carbocycles. The average Bonchev–Trinajstić information content (AvgIpc) is 3.84. The van der Waals surface area contributed by atoms with Crippen molar-refractivity contribution < 1.29 is 38.4 Å². The van der Waals surface area contributed by atoms with Gasteiger partial charge >= 0.3 is 17.9 Å². The van der Waals surface area contributed by atoms with Gasteiger partial charge in [0.25, 0.3) is 0 Å². The number of nitrogens with one attached hydrogen (secondary N) is 1. The van der Waals surface area contributed by atoms with E-state index in [-0.39, 0.29) is 17.9 Å². The van der Waals surface area contributed by atoms with E-state index < -0.39 is 45.9 Å². The number of hydrogen-bond donors (Lipinski definition) is 2. The predicted molar refractivity (Wildman–Crippen MR) is 205 cm³/mol. The van der Waals surface area contributed by atoms with Gasteiger partial charge < -0.3 is 33.9 Å². The standard InChI is InChI=1S/C43H52N4O8/c1-7-40-15-11-18-47-19-16-41(35(40)47)29-20-30(33(52-4)21-32(29)45(3)36(41)43(51,39(50)54-6)37(40)55-25(2)48)42(38(49)53-5)22-26-12-10-17-46(23-26)24-28-27-13-8-9-14-31(27)44-34(28)42/h8-9,11,13-15,20-21,26,35-37,44,51H,7,10,12,16-19,22-24H2,1-6H3/t26-,35+,36-,37-,40-,41-,42+,43+/m1/s1. The van der Waals surface area contributed by atoms with E-state index in [1.54, 1.807) is 7.11 Å². The zero-order valence-corrected chi connectivity index (χ0v) is 32.6. The number of piperidine rings is 1. The van der Waals surface area contributed by atoms with Crippen LogP contribution in [0.15, 0.2) is 48.6 Å². The highest BCUT2D eigenvalue weighted by molar-refractivity contribution is 5.95. The van der Waals surface area contributed by atoms with Gasteiger partial charge in [0.05, 0.1) is 27.4 Å². The molecular weight excluding hydrogens is 700 g/mol. The van der Waals surface area contributed by atoms with Crippen LogP contribution >= 0.6 is 0 Å². The molecule has 0 radical (unpaired) electrons. The molecule has 3 aromatic rings. The minimum atomic E-state index is -2.26. The van der Waals surface area contributed by atoms with Crippen LogP contribution in [0.5, 0.6) is 5.75 Å². The Morgan fingerprint density at radius 2 is 1.80 bits per heavy atom. The number of aromatic amines is 1. The fraction of sp³-hybridized carbons (Fsp3) is 0.558. The first-order valence-corrected chi connectivity index (χ1v) is 19.7. The van der Waals surface area contributed by atoms with Gasteiger partial charge in [-0.25, -0.2) is 4.79 Å². The summed E-state index contributed by atoms with van der Waals surface area (Å²) in [6.07, 6.45) is 6.53. The molecule has 0 amide bonds. The fourth-order valence-electron chi connectivity index (χ4n) is 12.8. The summed E-state index contributed by atoms with van der Waals surface area (Å²) < 4.78 is 23.8. The van der Waals surface area contributed by atoms with Gasteiger partial charge in [0.2, 0.25) is 5.60 Å². The highest BCUT2D eigenvalue weighted by atomic mass is 16.6. The number of ether oxygens (including phenoxy) is 4. The molecule has 2 saturated heterocycles. The first kappa shape index (κ1) is 36.3. The Hall–Kier alpha value is -4.39. The molecule has 1 aromatic heterocycles. The maximum Gasteiger partial charge on any atom is 0.344 e. The molecule has 1 unspecified atom stereocenters. The Bertz CT molecular complexity index is 2130. The lowest BCUT2D eigenvalue weighted by Gasteiger charge is -2.63. The Balaban J connectivity index is 1.37. The maximum absolute atomic E-state index is 15.0. The van der Waals surface area contributed by atoms with Crippen LogP contribution in [0.1, 0.15) is 68.3 Å². The van der Waals surface area contributed by atoms with Crippen molar-refractivity contribution in [3.63, 3.8) is 0 Å². The number of methoxy groups -OCH3 is 3. The summed E-state index contributed by atoms with van der Waals surface area (Å²) in [4.78, 5) is 52.9. The number of nitrogens with zero attached hydrogens (tertiary/aromatic N) is 3. The molecular formula is C43H52N4O8. The molecule has 12 heteroatoms. The van der Waals surface area contributed by atoms with Crippen LogP contribution in [0.2, 0.25) is 0 Å². The lowest BCUT2D eigenvalue weighted by Crippen LogP contribution is -2.81. The van der Waals surface area contributed by atoms with E-state index in [0.29, 0.717) is 50.2 Å². The second-order valence-corrected chi connectivity index (χ2v) is 16.8. The van der Waals surface area contributed by atoms with Crippen molar-refractivity contribution in [2.75, 3.05) is 59.5 Å². The number of rotatable bonds is 6. The van der Waals surface area contributed by atoms with E-state index >= 15 is 4.79 Å². The van der Waals surface area contributed by atoms with Gasteiger partial charge in [0.15, 0.2) is 6.10 Å². The number of carbonyl (C=O) groups excluding carboxylic acids is 3. The lowest BCUT2D eigenvalue weighted by molar-refractivity contribution is -0.228. The summed E-state index contributed by atoms with van der Waals surface area (Å²) in [7, 11) is 6.24. The van der Waals surface area contributed by atoms with Crippen molar-refractivity contribution in [2.45, 2.75) is 87.1 Å². The number of H-pyrrole nitrogens is 1.